The predicted molar refractivity (Wildman–Crippen MR) is 79.3 cm³/mol. The topological polar surface area (TPSA) is 26.0 Å². The van der Waals surface area contributed by atoms with Crippen molar-refractivity contribution in [3.05, 3.63) is 52.3 Å². The predicted octanol–water partition coefficient (Wildman–Crippen LogP) is 4.90. The van der Waals surface area contributed by atoms with Crippen LogP contribution in [0.4, 0.5) is 0 Å². The third kappa shape index (κ3) is 1.34. The number of hydrogen-bond donors (Lipinski definition) is 0. The van der Waals surface area contributed by atoms with Crippen molar-refractivity contribution in [3.63, 3.8) is 0 Å². The van der Waals surface area contributed by atoms with Gasteiger partial charge in [0.1, 0.15) is 5.52 Å². The minimum atomic E-state index is -0.00454. The Morgan fingerprint density at radius 1 is 1.11 bits per heavy atom. The number of aromatic nitrogens is 1. The van der Waals surface area contributed by atoms with Crippen LogP contribution in [-0.2, 0) is 5.41 Å². The van der Waals surface area contributed by atoms with Crippen LogP contribution in [-0.4, -0.2) is 4.98 Å². The van der Waals surface area contributed by atoms with Gasteiger partial charge >= 0.3 is 0 Å². The van der Waals surface area contributed by atoms with E-state index in [1.165, 1.54) is 28.6 Å². The summed E-state index contributed by atoms with van der Waals surface area (Å²) in [7, 11) is 0. The fourth-order valence-electron chi connectivity index (χ4n) is 3.11. The number of halogens is 1. The van der Waals surface area contributed by atoms with Crippen molar-refractivity contribution in [3.8, 4) is 11.1 Å². The fourth-order valence-corrected chi connectivity index (χ4v) is 3.47. The highest BCUT2D eigenvalue weighted by molar-refractivity contribution is 9.10. The van der Waals surface area contributed by atoms with E-state index < -0.39 is 0 Å². The van der Waals surface area contributed by atoms with Gasteiger partial charge in [0.05, 0.1) is 0 Å². The molecule has 1 aromatic heterocycles. The Hall–Kier alpha value is -1.61. The summed E-state index contributed by atoms with van der Waals surface area (Å²) in [4.78, 5) is 4.26. The summed E-state index contributed by atoms with van der Waals surface area (Å²) < 4.78 is 6.73. The molecule has 0 N–H and O–H groups in total. The smallest absolute Gasteiger partial charge is 0.182 e. The quantitative estimate of drug-likeness (QED) is 0.590. The van der Waals surface area contributed by atoms with Crippen molar-refractivity contribution in [2.24, 2.45) is 0 Å². The second-order valence-corrected chi connectivity index (χ2v) is 6.42. The van der Waals surface area contributed by atoms with E-state index in [1.807, 2.05) is 6.07 Å². The number of rotatable bonds is 0. The van der Waals surface area contributed by atoms with E-state index >= 15 is 0 Å². The summed E-state index contributed by atoms with van der Waals surface area (Å²) in [5, 5.41) is 0. The molecule has 0 fully saturated rings. The average Bonchev–Trinajstić information content (AvgIpc) is 2.92. The first-order valence-electron chi connectivity index (χ1n) is 6.26. The number of nitrogens with zero attached hydrogens (tertiary/aromatic N) is 1. The maximum atomic E-state index is 5.62. The van der Waals surface area contributed by atoms with Crippen LogP contribution in [0.2, 0.25) is 0 Å². The Kier molecular flexibility index (Phi) is 2.06. The summed E-state index contributed by atoms with van der Waals surface area (Å²) in [5.74, 6) is 0. The summed E-state index contributed by atoms with van der Waals surface area (Å²) in [5.41, 5.74) is 6.91. The highest BCUT2D eigenvalue weighted by Crippen LogP contribution is 2.51. The highest BCUT2D eigenvalue weighted by atomic mass is 79.9. The lowest BCUT2D eigenvalue weighted by atomic mass is 9.82. The first-order valence-corrected chi connectivity index (χ1v) is 7.05. The molecular formula is C16H12BrNO. The maximum Gasteiger partial charge on any atom is 0.182 e. The van der Waals surface area contributed by atoms with E-state index in [1.54, 1.807) is 0 Å². The first-order chi connectivity index (χ1) is 9.09. The van der Waals surface area contributed by atoms with Gasteiger partial charge in [0.15, 0.2) is 12.0 Å². The molecule has 3 heteroatoms. The van der Waals surface area contributed by atoms with Crippen molar-refractivity contribution in [2.45, 2.75) is 19.3 Å². The summed E-state index contributed by atoms with van der Waals surface area (Å²) in [6.45, 7) is 4.51. The van der Waals surface area contributed by atoms with Gasteiger partial charge in [-0.15, -0.1) is 0 Å². The van der Waals surface area contributed by atoms with Gasteiger partial charge in [0, 0.05) is 15.5 Å². The maximum absolute atomic E-state index is 5.62. The molecule has 1 aliphatic carbocycles. The zero-order valence-corrected chi connectivity index (χ0v) is 12.3. The molecule has 0 unspecified atom stereocenters. The molecule has 0 saturated carbocycles. The molecule has 0 aliphatic heterocycles. The summed E-state index contributed by atoms with van der Waals surface area (Å²) in [6, 6.07) is 10.7. The van der Waals surface area contributed by atoms with Gasteiger partial charge in [-0.2, -0.15) is 0 Å². The lowest BCUT2D eigenvalue weighted by Crippen LogP contribution is -2.14. The Bertz CT molecular complexity index is 817. The molecule has 0 radical (unpaired) electrons. The third-order valence-electron chi connectivity index (χ3n) is 4.10. The number of oxazole rings is 1. The number of benzene rings is 2. The molecular weight excluding hydrogens is 302 g/mol. The van der Waals surface area contributed by atoms with E-state index in [0.29, 0.717) is 0 Å². The molecule has 0 amide bonds. The second kappa shape index (κ2) is 3.48. The molecule has 94 valence electrons. The van der Waals surface area contributed by atoms with Crippen LogP contribution in [0.15, 0.2) is 45.6 Å². The van der Waals surface area contributed by atoms with Gasteiger partial charge in [-0.3, -0.25) is 0 Å². The van der Waals surface area contributed by atoms with E-state index in [4.69, 9.17) is 4.42 Å². The Morgan fingerprint density at radius 3 is 2.79 bits per heavy atom. The molecule has 0 atom stereocenters. The summed E-state index contributed by atoms with van der Waals surface area (Å²) >= 11 is 3.57. The molecule has 4 rings (SSSR count). The van der Waals surface area contributed by atoms with Gasteiger partial charge in [-0.05, 0) is 34.9 Å². The lowest BCUT2D eigenvalue weighted by molar-refractivity contribution is 0.601. The van der Waals surface area contributed by atoms with Gasteiger partial charge in [-0.1, -0.05) is 41.9 Å². The van der Waals surface area contributed by atoms with Gasteiger partial charge in [0.25, 0.3) is 0 Å². The third-order valence-corrected chi connectivity index (χ3v) is 4.59. The van der Waals surface area contributed by atoms with Gasteiger partial charge < -0.3 is 4.42 Å². The molecule has 0 saturated heterocycles. The molecule has 2 aromatic carbocycles. The first kappa shape index (κ1) is 11.2. The van der Waals surface area contributed by atoms with Crippen LogP contribution in [0, 0.1) is 0 Å². The van der Waals surface area contributed by atoms with E-state index in [2.05, 4.69) is 59.0 Å². The zero-order chi connectivity index (χ0) is 13.2. The molecule has 1 aliphatic rings. The largest absolute Gasteiger partial charge is 0.443 e. The van der Waals surface area contributed by atoms with Crippen LogP contribution in [0.25, 0.3) is 22.2 Å². The van der Waals surface area contributed by atoms with Gasteiger partial charge in [-0.25, -0.2) is 4.98 Å². The van der Waals surface area contributed by atoms with Crippen LogP contribution >= 0.6 is 15.9 Å². The van der Waals surface area contributed by atoms with E-state index in [0.717, 1.165) is 15.6 Å². The van der Waals surface area contributed by atoms with Crippen LogP contribution < -0.4 is 0 Å². The van der Waals surface area contributed by atoms with E-state index in [9.17, 15) is 0 Å². The molecule has 1 heterocycles. The fraction of sp³-hybridized carbons (Fsp3) is 0.188. The Labute approximate surface area is 119 Å². The second-order valence-electron chi connectivity index (χ2n) is 5.50. The van der Waals surface area contributed by atoms with Crippen molar-refractivity contribution in [2.75, 3.05) is 0 Å². The summed E-state index contributed by atoms with van der Waals surface area (Å²) in [6.07, 6.45) is 1.52. The van der Waals surface area contributed by atoms with Crippen molar-refractivity contribution in [1.82, 2.24) is 4.98 Å². The molecule has 2 nitrogen and oxygen atoms in total. The minimum Gasteiger partial charge on any atom is -0.443 e. The normalized spacial score (nSPS) is 15.5. The van der Waals surface area contributed by atoms with Crippen LogP contribution in [0.5, 0.6) is 0 Å². The van der Waals surface area contributed by atoms with Gasteiger partial charge in [0.2, 0.25) is 0 Å². The zero-order valence-electron chi connectivity index (χ0n) is 10.7. The number of hydrogen-bond acceptors (Lipinski definition) is 2. The Morgan fingerprint density at radius 2 is 1.95 bits per heavy atom. The molecule has 0 spiro atoms. The average molecular weight is 314 g/mol. The van der Waals surface area contributed by atoms with Crippen molar-refractivity contribution >= 4 is 27.0 Å². The van der Waals surface area contributed by atoms with Crippen molar-refractivity contribution in [1.29, 1.82) is 0 Å². The highest BCUT2D eigenvalue weighted by Gasteiger charge is 2.37. The number of fused-ring (bicyclic) bond motifs is 5. The SMILES string of the molecule is CC1(C)c2cc(Br)ccc2-c2c1ccc1ncoc21. The molecule has 0 bridgehead atoms. The monoisotopic (exact) mass is 313 g/mol. The van der Waals surface area contributed by atoms with E-state index in [-0.39, 0.29) is 5.41 Å². The lowest BCUT2D eigenvalue weighted by Gasteiger charge is -2.21. The standard InChI is InChI=1S/C16H12BrNO/c1-16(2)11-5-6-13-15(19-8-18-13)14(11)10-4-3-9(17)7-12(10)16/h3-8H,1-2H3. The minimum absolute atomic E-state index is 0.00454. The van der Waals surface area contributed by atoms with Crippen LogP contribution in [0.1, 0.15) is 25.0 Å². The molecule has 3 aromatic rings. The molecule has 19 heavy (non-hydrogen) atoms. The van der Waals surface area contributed by atoms with Crippen molar-refractivity contribution < 1.29 is 4.42 Å². The Balaban J connectivity index is 2.20. The van der Waals surface area contributed by atoms with Crippen LogP contribution in [0.3, 0.4) is 0 Å².